The molecule has 0 spiro atoms. The maximum Gasteiger partial charge on any atom is 0.253 e. The summed E-state index contributed by atoms with van der Waals surface area (Å²) in [5.41, 5.74) is 1.39. The van der Waals surface area contributed by atoms with Gasteiger partial charge in [-0.15, -0.1) is 0 Å². The van der Waals surface area contributed by atoms with Gasteiger partial charge in [0.2, 0.25) is 0 Å². The third kappa shape index (κ3) is 3.93. The van der Waals surface area contributed by atoms with E-state index in [1.165, 1.54) is 0 Å². The van der Waals surface area contributed by atoms with Gasteiger partial charge in [0.1, 0.15) is 0 Å². The summed E-state index contributed by atoms with van der Waals surface area (Å²) >= 11 is 1.74. The number of thioether (sulfide) groups is 1. The molecule has 0 bridgehead atoms. The van der Waals surface area contributed by atoms with E-state index in [0.717, 1.165) is 17.9 Å². The fourth-order valence-corrected chi connectivity index (χ4v) is 2.24. The number of carbonyl (C=O) groups is 1. The van der Waals surface area contributed by atoms with Gasteiger partial charge in [0.05, 0.1) is 17.4 Å². The highest BCUT2D eigenvalue weighted by Gasteiger charge is 2.14. The van der Waals surface area contributed by atoms with Crippen molar-refractivity contribution in [3.8, 4) is 0 Å². The van der Waals surface area contributed by atoms with Gasteiger partial charge in [0.15, 0.2) is 0 Å². The van der Waals surface area contributed by atoms with Gasteiger partial charge >= 0.3 is 0 Å². The zero-order valence-corrected chi connectivity index (χ0v) is 11.3. The predicted octanol–water partition coefficient (Wildman–Crippen LogP) is 1.99. The lowest BCUT2D eigenvalue weighted by atomic mass is 10.2. The second-order valence-electron chi connectivity index (χ2n) is 3.71. The number of nitrogens with one attached hydrogen (secondary N) is 2. The molecule has 5 heteroatoms. The Kier molecular flexibility index (Phi) is 5.83. The van der Waals surface area contributed by atoms with Crippen LogP contribution in [0.1, 0.15) is 23.7 Å². The Morgan fingerprint density at radius 2 is 2.35 bits per heavy atom. The lowest BCUT2D eigenvalue weighted by Gasteiger charge is -2.16. The molecule has 0 aliphatic heterocycles. The van der Waals surface area contributed by atoms with Crippen LogP contribution in [0.2, 0.25) is 0 Å². The van der Waals surface area contributed by atoms with Gasteiger partial charge < -0.3 is 10.6 Å². The smallest absolute Gasteiger partial charge is 0.253 e. The van der Waals surface area contributed by atoms with Gasteiger partial charge in [0, 0.05) is 25.0 Å². The molecule has 17 heavy (non-hydrogen) atoms. The largest absolute Gasteiger partial charge is 0.386 e. The minimum absolute atomic E-state index is 0.0438. The molecule has 1 unspecified atom stereocenters. The van der Waals surface area contributed by atoms with E-state index in [0.29, 0.717) is 5.56 Å². The molecule has 0 aromatic carbocycles. The van der Waals surface area contributed by atoms with Crippen molar-refractivity contribution in [1.29, 1.82) is 0 Å². The van der Waals surface area contributed by atoms with Crippen molar-refractivity contribution in [2.24, 2.45) is 0 Å². The first-order valence-electron chi connectivity index (χ1n) is 5.64. The molecule has 0 saturated heterocycles. The summed E-state index contributed by atoms with van der Waals surface area (Å²) in [7, 11) is 1.78. The highest BCUT2D eigenvalue weighted by Crippen LogP contribution is 2.13. The van der Waals surface area contributed by atoms with Crippen molar-refractivity contribution in [3.63, 3.8) is 0 Å². The standard InChI is InChI=1S/C12H19N3OS/c1-4-9(8-17-3)15-12(16)10-5-6-14-7-11(10)13-2/h5-7,9,13H,4,8H2,1-3H3,(H,15,16). The van der Waals surface area contributed by atoms with Crippen LogP contribution in [-0.4, -0.2) is 36.0 Å². The van der Waals surface area contributed by atoms with Crippen LogP contribution in [0, 0.1) is 0 Å². The van der Waals surface area contributed by atoms with Crippen LogP contribution >= 0.6 is 11.8 Å². The number of hydrogen-bond donors (Lipinski definition) is 2. The summed E-state index contributed by atoms with van der Waals surface area (Å²) in [5, 5.41) is 6.00. The number of carbonyl (C=O) groups excluding carboxylic acids is 1. The zero-order valence-electron chi connectivity index (χ0n) is 10.5. The molecule has 2 N–H and O–H groups in total. The highest BCUT2D eigenvalue weighted by atomic mass is 32.2. The molecule has 1 amide bonds. The van der Waals surface area contributed by atoms with Crippen LogP contribution in [-0.2, 0) is 0 Å². The van der Waals surface area contributed by atoms with Gasteiger partial charge in [-0.3, -0.25) is 9.78 Å². The molecule has 4 nitrogen and oxygen atoms in total. The lowest BCUT2D eigenvalue weighted by Crippen LogP contribution is -2.36. The Labute approximate surface area is 107 Å². The Morgan fingerprint density at radius 3 is 2.94 bits per heavy atom. The number of pyridine rings is 1. The van der Waals surface area contributed by atoms with E-state index in [-0.39, 0.29) is 11.9 Å². The summed E-state index contributed by atoms with van der Waals surface area (Å²) < 4.78 is 0. The second kappa shape index (κ2) is 7.17. The van der Waals surface area contributed by atoms with Crippen LogP contribution in [0.4, 0.5) is 5.69 Å². The third-order valence-electron chi connectivity index (χ3n) is 2.53. The molecule has 0 fully saturated rings. The normalized spacial score (nSPS) is 11.9. The summed E-state index contributed by atoms with van der Waals surface area (Å²) in [5.74, 6) is 0.889. The van der Waals surface area contributed by atoms with E-state index < -0.39 is 0 Å². The van der Waals surface area contributed by atoms with Crippen molar-refractivity contribution in [2.45, 2.75) is 19.4 Å². The quantitative estimate of drug-likeness (QED) is 0.814. The predicted molar refractivity (Wildman–Crippen MR) is 73.7 cm³/mol. The van der Waals surface area contributed by atoms with E-state index in [1.54, 1.807) is 37.3 Å². The fraction of sp³-hybridized carbons (Fsp3) is 0.500. The Bertz CT molecular complexity index is 371. The van der Waals surface area contributed by atoms with Crippen molar-refractivity contribution >= 4 is 23.4 Å². The SMILES string of the molecule is CCC(CSC)NC(=O)c1ccncc1NC. The van der Waals surface area contributed by atoms with E-state index in [2.05, 4.69) is 22.5 Å². The van der Waals surface area contributed by atoms with Gasteiger partial charge in [-0.25, -0.2) is 0 Å². The summed E-state index contributed by atoms with van der Waals surface area (Å²) in [6.45, 7) is 2.08. The van der Waals surface area contributed by atoms with Crippen molar-refractivity contribution in [3.05, 3.63) is 24.0 Å². The molecular formula is C12H19N3OS. The minimum atomic E-state index is -0.0438. The summed E-state index contributed by atoms with van der Waals surface area (Å²) in [4.78, 5) is 16.1. The molecule has 1 atom stereocenters. The molecule has 0 radical (unpaired) electrons. The van der Waals surface area contributed by atoms with Crippen molar-refractivity contribution < 1.29 is 4.79 Å². The van der Waals surface area contributed by atoms with Gasteiger partial charge in [-0.2, -0.15) is 11.8 Å². The Balaban J connectivity index is 2.75. The van der Waals surface area contributed by atoms with E-state index >= 15 is 0 Å². The maximum atomic E-state index is 12.1. The van der Waals surface area contributed by atoms with Crippen LogP contribution in [0.3, 0.4) is 0 Å². The number of nitrogens with zero attached hydrogens (tertiary/aromatic N) is 1. The van der Waals surface area contributed by atoms with Gasteiger partial charge in [-0.1, -0.05) is 6.92 Å². The Morgan fingerprint density at radius 1 is 1.59 bits per heavy atom. The minimum Gasteiger partial charge on any atom is -0.386 e. The molecule has 1 rings (SSSR count). The van der Waals surface area contributed by atoms with Crippen molar-refractivity contribution in [1.82, 2.24) is 10.3 Å². The topological polar surface area (TPSA) is 54.0 Å². The van der Waals surface area contributed by atoms with Crippen LogP contribution in [0.25, 0.3) is 0 Å². The first-order valence-corrected chi connectivity index (χ1v) is 7.03. The van der Waals surface area contributed by atoms with E-state index in [4.69, 9.17) is 0 Å². The van der Waals surface area contributed by atoms with Crippen LogP contribution < -0.4 is 10.6 Å². The molecule has 1 heterocycles. The second-order valence-corrected chi connectivity index (χ2v) is 4.62. The molecular weight excluding hydrogens is 234 g/mol. The number of amides is 1. The monoisotopic (exact) mass is 253 g/mol. The number of hydrogen-bond acceptors (Lipinski definition) is 4. The average Bonchev–Trinajstić information content (AvgIpc) is 2.38. The first-order chi connectivity index (χ1) is 8.22. The average molecular weight is 253 g/mol. The summed E-state index contributed by atoms with van der Waals surface area (Å²) in [6, 6.07) is 1.95. The van der Waals surface area contributed by atoms with Crippen molar-refractivity contribution in [2.75, 3.05) is 24.4 Å². The molecule has 1 aromatic heterocycles. The van der Waals surface area contributed by atoms with Gasteiger partial charge in [-0.05, 0) is 18.7 Å². The fourth-order valence-electron chi connectivity index (χ4n) is 1.52. The number of rotatable bonds is 6. The highest BCUT2D eigenvalue weighted by molar-refractivity contribution is 7.98. The number of aromatic nitrogens is 1. The van der Waals surface area contributed by atoms with E-state index in [1.807, 2.05) is 6.26 Å². The maximum absolute atomic E-state index is 12.1. The molecule has 94 valence electrons. The molecule has 0 saturated carbocycles. The number of anilines is 1. The van der Waals surface area contributed by atoms with Crippen LogP contribution in [0.5, 0.6) is 0 Å². The van der Waals surface area contributed by atoms with Crippen LogP contribution in [0.15, 0.2) is 18.5 Å². The Hall–Kier alpha value is -1.23. The third-order valence-corrected chi connectivity index (χ3v) is 3.27. The molecule has 1 aromatic rings. The first kappa shape index (κ1) is 13.8. The van der Waals surface area contributed by atoms with E-state index in [9.17, 15) is 4.79 Å². The van der Waals surface area contributed by atoms with Gasteiger partial charge in [0.25, 0.3) is 5.91 Å². The summed E-state index contributed by atoms with van der Waals surface area (Å²) in [6.07, 6.45) is 6.27. The lowest BCUT2D eigenvalue weighted by molar-refractivity contribution is 0.0941. The zero-order chi connectivity index (χ0) is 12.7. The molecule has 0 aliphatic rings. The molecule has 0 aliphatic carbocycles.